The van der Waals surface area contributed by atoms with Gasteiger partial charge in [-0.25, -0.2) is 4.98 Å². The lowest BCUT2D eigenvalue weighted by molar-refractivity contribution is -0.119. The van der Waals surface area contributed by atoms with E-state index in [4.69, 9.17) is 5.73 Å². The second-order valence-electron chi connectivity index (χ2n) is 4.91. The first-order valence-corrected chi connectivity index (χ1v) is 6.19. The molecule has 1 atom stereocenters. The third-order valence-corrected chi connectivity index (χ3v) is 3.06. The van der Waals surface area contributed by atoms with Crippen molar-refractivity contribution in [1.29, 1.82) is 0 Å². The largest absolute Gasteiger partial charge is 0.330 e. The molecule has 1 amide bonds. The molecule has 0 bridgehead atoms. The second-order valence-corrected chi connectivity index (χ2v) is 5.77. The number of rotatable bonds is 3. The fourth-order valence-electron chi connectivity index (χ4n) is 1.01. The fourth-order valence-corrected chi connectivity index (χ4v) is 1.95. The van der Waals surface area contributed by atoms with Gasteiger partial charge >= 0.3 is 0 Å². The Morgan fingerprint density at radius 3 is 2.69 bits per heavy atom. The topological polar surface area (TPSA) is 68.0 Å². The van der Waals surface area contributed by atoms with Gasteiger partial charge in [0, 0.05) is 23.3 Å². The van der Waals surface area contributed by atoms with Crippen LogP contribution in [0.3, 0.4) is 0 Å². The van der Waals surface area contributed by atoms with Gasteiger partial charge in [0.05, 0.1) is 5.69 Å². The van der Waals surface area contributed by atoms with E-state index in [0.29, 0.717) is 11.7 Å². The molecule has 5 heteroatoms. The van der Waals surface area contributed by atoms with Crippen LogP contribution in [0.15, 0.2) is 5.38 Å². The first-order chi connectivity index (χ1) is 7.34. The number of amides is 1. The van der Waals surface area contributed by atoms with Gasteiger partial charge in [-0.3, -0.25) is 4.79 Å². The van der Waals surface area contributed by atoms with Crippen LogP contribution in [0.5, 0.6) is 0 Å². The second kappa shape index (κ2) is 4.93. The minimum absolute atomic E-state index is 0.0129. The molecule has 0 aliphatic carbocycles. The lowest BCUT2D eigenvalue weighted by Gasteiger charge is -2.14. The Hall–Kier alpha value is -0.940. The monoisotopic (exact) mass is 241 g/mol. The fraction of sp³-hybridized carbons (Fsp3) is 0.636. The van der Waals surface area contributed by atoms with Crippen LogP contribution in [-0.4, -0.2) is 17.4 Å². The number of hydrogen-bond donors (Lipinski definition) is 2. The molecule has 0 aliphatic heterocycles. The summed E-state index contributed by atoms with van der Waals surface area (Å²) in [6.07, 6.45) is 0. The first-order valence-electron chi connectivity index (χ1n) is 5.31. The van der Waals surface area contributed by atoms with Crippen molar-refractivity contribution in [2.75, 3.05) is 11.9 Å². The first kappa shape index (κ1) is 13.1. The number of hydrogen-bond acceptors (Lipinski definition) is 4. The number of carbonyl (C=O) groups is 1. The highest BCUT2D eigenvalue weighted by molar-refractivity contribution is 7.13. The van der Waals surface area contributed by atoms with E-state index in [2.05, 4.69) is 31.1 Å². The standard InChI is InChI=1S/C11H19N3OS/c1-7(5-12)9(15)14-10-13-8(6-16-10)11(2,3)4/h6-7H,5,12H2,1-4H3,(H,13,14,15). The van der Waals surface area contributed by atoms with Crippen LogP contribution in [0.1, 0.15) is 33.4 Å². The quantitative estimate of drug-likeness (QED) is 0.850. The maximum atomic E-state index is 11.6. The van der Waals surface area contributed by atoms with Crippen molar-refractivity contribution in [3.8, 4) is 0 Å². The van der Waals surface area contributed by atoms with Crippen molar-refractivity contribution in [1.82, 2.24) is 4.98 Å². The summed E-state index contributed by atoms with van der Waals surface area (Å²) < 4.78 is 0. The Bertz CT molecular complexity index is 368. The Morgan fingerprint density at radius 2 is 2.25 bits per heavy atom. The summed E-state index contributed by atoms with van der Waals surface area (Å²) in [6.45, 7) is 8.43. The molecule has 1 aromatic rings. The van der Waals surface area contributed by atoms with Crippen LogP contribution in [0.25, 0.3) is 0 Å². The Labute approximate surface area is 100 Å². The molecule has 0 radical (unpaired) electrons. The molecule has 0 aromatic carbocycles. The number of anilines is 1. The predicted molar refractivity (Wildman–Crippen MR) is 67.7 cm³/mol. The Kier molecular flexibility index (Phi) is 4.04. The summed E-state index contributed by atoms with van der Waals surface area (Å²) >= 11 is 1.45. The van der Waals surface area contributed by atoms with E-state index in [9.17, 15) is 4.79 Å². The molecule has 0 fully saturated rings. The maximum absolute atomic E-state index is 11.6. The molecular weight excluding hydrogens is 222 g/mol. The van der Waals surface area contributed by atoms with E-state index >= 15 is 0 Å². The number of thiazole rings is 1. The highest BCUT2D eigenvalue weighted by Gasteiger charge is 2.19. The SMILES string of the molecule is CC(CN)C(=O)Nc1nc(C(C)(C)C)cs1. The number of carbonyl (C=O) groups excluding carboxylic acids is 1. The van der Waals surface area contributed by atoms with Crippen LogP contribution in [-0.2, 0) is 10.2 Å². The number of nitrogens with zero attached hydrogens (tertiary/aromatic N) is 1. The molecule has 1 unspecified atom stereocenters. The normalized spacial score (nSPS) is 13.6. The van der Waals surface area contributed by atoms with Gasteiger partial charge in [-0.15, -0.1) is 11.3 Å². The summed E-state index contributed by atoms with van der Waals surface area (Å²) in [6, 6.07) is 0. The van der Waals surface area contributed by atoms with Gasteiger partial charge in [-0.1, -0.05) is 27.7 Å². The van der Waals surface area contributed by atoms with E-state index < -0.39 is 0 Å². The molecule has 1 heterocycles. The van der Waals surface area contributed by atoms with Gasteiger partial charge in [0.15, 0.2) is 5.13 Å². The van der Waals surface area contributed by atoms with Gasteiger partial charge in [0.1, 0.15) is 0 Å². The summed E-state index contributed by atoms with van der Waals surface area (Å²) in [7, 11) is 0. The third kappa shape index (κ3) is 3.28. The maximum Gasteiger partial charge on any atom is 0.230 e. The Morgan fingerprint density at radius 1 is 1.62 bits per heavy atom. The smallest absolute Gasteiger partial charge is 0.230 e. The molecule has 0 saturated carbocycles. The molecule has 90 valence electrons. The van der Waals surface area contributed by atoms with E-state index in [1.807, 2.05) is 5.38 Å². The van der Waals surface area contributed by atoms with E-state index in [1.54, 1.807) is 6.92 Å². The lowest BCUT2D eigenvalue weighted by atomic mass is 9.93. The molecule has 16 heavy (non-hydrogen) atoms. The van der Waals surface area contributed by atoms with Crippen molar-refractivity contribution in [2.24, 2.45) is 11.7 Å². The van der Waals surface area contributed by atoms with E-state index in [-0.39, 0.29) is 17.2 Å². The highest BCUT2D eigenvalue weighted by atomic mass is 32.1. The molecule has 1 aromatic heterocycles. The summed E-state index contributed by atoms with van der Waals surface area (Å²) in [5.74, 6) is -0.251. The predicted octanol–water partition coefficient (Wildman–Crippen LogP) is 1.97. The molecule has 0 aliphatic rings. The van der Waals surface area contributed by atoms with Crippen molar-refractivity contribution in [3.05, 3.63) is 11.1 Å². The number of nitrogens with two attached hydrogens (primary N) is 1. The average molecular weight is 241 g/mol. The zero-order valence-electron chi connectivity index (χ0n) is 10.2. The van der Waals surface area contributed by atoms with Crippen LogP contribution in [0, 0.1) is 5.92 Å². The Balaban J connectivity index is 2.70. The van der Waals surface area contributed by atoms with E-state index in [1.165, 1.54) is 11.3 Å². The number of aromatic nitrogens is 1. The summed E-state index contributed by atoms with van der Waals surface area (Å²) in [4.78, 5) is 16.0. The van der Waals surface area contributed by atoms with Gasteiger partial charge in [0.25, 0.3) is 0 Å². The van der Waals surface area contributed by atoms with Crippen LogP contribution >= 0.6 is 11.3 Å². The molecule has 3 N–H and O–H groups in total. The van der Waals surface area contributed by atoms with Gasteiger partial charge in [-0.2, -0.15) is 0 Å². The van der Waals surface area contributed by atoms with Crippen LogP contribution < -0.4 is 11.1 Å². The minimum Gasteiger partial charge on any atom is -0.330 e. The van der Waals surface area contributed by atoms with Crippen molar-refractivity contribution in [3.63, 3.8) is 0 Å². The minimum atomic E-state index is -0.179. The van der Waals surface area contributed by atoms with Crippen molar-refractivity contribution >= 4 is 22.4 Å². The van der Waals surface area contributed by atoms with Gasteiger partial charge < -0.3 is 11.1 Å². The summed E-state index contributed by atoms with van der Waals surface area (Å²) in [5.41, 5.74) is 6.43. The van der Waals surface area contributed by atoms with Gasteiger partial charge in [-0.05, 0) is 0 Å². The molecule has 0 saturated heterocycles. The van der Waals surface area contributed by atoms with Crippen molar-refractivity contribution in [2.45, 2.75) is 33.1 Å². The zero-order chi connectivity index (χ0) is 12.3. The van der Waals surface area contributed by atoms with Crippen molar-refractivity contribution < 1.29 is 4.79 Å². The summed E-state index contributed by atoms with van der Waals surface area (Å²) in [5, 5.41) is 5.40. The lowest BCUT2D eigenvalue weighted by Crippen LogP contribution is -2.26. The molecule has 1 rings (SSSR count). The number of nitrogens with one attached hydrogen (secondary N) is 1. The van der Waals surface area contributed by atoms with Crippen LogP contribution in [0.2, 0.25) is 0 Å². The zero-order valence-corrected chi connectivity index (χ0v) is 11.0. The third-order valence-electron chi connectivity index (χ3n) is 2.30. The van der Waals surface area contributed by atoms with Gasteiger partial charge in [0.2, 0.25) is 5.91 Å². The molecular formula is C11H19N3OS. The average Bonchev–Trinajstić information content (AvgIpc) is 2.64. The highest BCUT2D eigenvalue weighted by Crippen LogP contribution is 2.26. The van der Waals surface area contributed by atoms with E-state index in [0.717, 1.165) is 5.69 Å². The molecule has 0 spiro atoms. The van der Waals surface area contributed by atoms with Crippen LogP contribution in [0.4, 0.5) is 5.13 Å². The molecule has 4 nitrogen and oxygen atoms in total.